The van der Waals surface area contributed by atoms with Gasteiger partial charge >= 0.3 is 5.97 Å². The molecule has 134 valence electrons. The van der Waals surface area contributed by atoms with Gasteiger partial charge in [0.15, 0.2) is 6.04 Å². The zero-order chi connectivity index (χ0) is 17.9. The van der Waals surface area contributed by atoms with E-state index in [9.17, 15) is 22.4 Å². The number of aliphatic carboxylic acids is 1. The summed E-state index contributed by atoms with van der Waals surface area (Å²) in [5, 5.41) is 10.8. The predicted molar refractivity (Wildman–Crippen MR) is 82.9 cm³/mol. The largest absolute Gasteiger partial charge is 0.480 e. The summed E-state index contributed by atoms with van der Waals surface area (Å²) in [4.78, 5) is 22.8. The van der Waals surface area contributed by atoms with Gasteiger partial charge in [-0.3, -0.25) is 4.79 Å². The van der Waals surface area contributed by atoms with Crippen molar-refractivity contribution < 1.29 is 27.5 Å². The number of carbonyl (C=O) groups is 2. The Bertz CT molecular complexity index is 725. The average molecular weight is 361 g/mol. The van der Waals surface area contributed by atoms with Gasteiger partial charge in [-0.25, -0.2) is 17.6 Å². The van der Waals surface area contributed by atoms with Crippen molar-refractivity contribution in [2.75, 3.05) is 19.8 Å². The van der Waals surface area contributed by atoms with E-state index in [-0.39, 0.29) is 10.6 Å². The van der Waals surface area contributed by atoms with Crippen molar-refractivity contribution in [3.63, 3.8) is 0 Å². The number of sulfonamides is 1. The number of nitrogens with zero attached hydrogens (tertiary/aromatic N) is 2. The molecular weight excluding hydrogens is 341 g/mol. The first-order valence-electron chi connectivity index (χ1n) is 7.53. The molecule has 10 heteroatoms. The average Bonchev–Trinajstić information content (AvgIpc) is 2.95. The quantitative estimate of drug-likeness (QED) is 0.760. The second-order valence-electron chi connectivity index (χ2n) is 5.66. The van der Waals surface area contributed by atoms with Crippen molar-refractivity contribution in [2.45, 2.75) is 30.2 Å². The van der Waals surface area contributed by atoms with Crippen LogP contribution in [0.5, 0.6) is 0 Å². The Morgan fingerprint density at radius 1 is 1.33 bits per heavy atom. The number of halogens is 1. The van der Waals surface area contributed by atoms with Gasteiger partial charge in [0, 0.05) is 26.3 Å². The molecule has 1 atom stereocenters. The molecule has 0 bridgehead atoms. The van der Waals surface area contributed by atoms with Crippen LogP contribution in [0.1, 0.15) is 29.8 Å². The number of carboxylic acid groups (broad SMARTS) is 1. The normalized spacial score (nSPS) is 17.4. The Kier molecular flexibility index (Phi) is 5.60. The standard InChI is InChI=1S/C14H20FN3O5S/c1-17-9-10(24(22,23)18-5-3-2-4-6-18)7-12(17)13(19)16-11(8-15)14(20)21/h7,9,11H,2-6,8H2,1H3,(H,16,19)(H,20,21). The van der Waals surface area contributed by atoms with Gasteiger partial charge in [0.1, 0.15) is 17.3 Å². The number of amides is 1. The van der Waals surface area contributed by atoms with Crippen molar-refractivity contribution in [2.24, 2.45) is 7.05 Å². The number of alkyl halides is 1. The Balaban J connectivity index is 2.23. The molecule has 0 aliphatic carbocycles. The highest BCUT2D eigenvalue weighted by atomic mass is 32.2. The number of aryl methyl sites for hydroxylation is 1. The van der Waals surface area contributed by atoms with Gasteiger partial charge in [0.05, 0.1) is 0 Å². The maximum atomic E-state index is 12.6. The maximum absolute atomic E-state index is 12.6. The molecule has 24 heavy (non-hydrogen) atoms. The number of hydrogen-bond donors (Lipinski definition) is 2. The first-order chi connectivity index (χ1) is 11.3. The molecule has 8 nitrogen and oxygen atoms in total. The molecule has 0 saturated carbocycles. The van der Waals surface area contributed by atoms with E-state index >= 15 is 0 Å². The molecule has 1 amide bonds. The number of aromatic nitrogens is 1. The molecule has 1 aromatic rings. The number of rotatable bonds is 6. The molecule has 0 spiro atoms. The summed E-state index contributed by atoms with van der Waals surface area (Å²) >= 11 is 0. The van der Waals surface area contributed by atoms with E-state index in [0.29, 0.717) is 13.1 Å². The molecule has 0 aromatic carbocycles. The lowest BCUT2D eigenvalue weighted by Crippen LogP contribution is -2.42. The third-order valence-corrected chi connectivity index (χ3v) is 5.79. The Morgan fingerprint density at radius 3 is 2.50 bits per heavy atom. The summed E-state index contributed by atoms with van der Waals surface area (Å²) in [5.41, 5.74) is -0.0507. The zero-order valence-electron chi connectivity index (χ0n) is 13.2. The highest BCUT2D eigenvalue weighted by Crippen LogP contribution is 2.22. The molecule has 1 aliphatic rings. The predicted octanol–water partition coefficient (Wildman–Crippen LogP) is 0.352. The van der Waals surface area contributed by atoms with Crippen LogP contribution < -0.4 is 5.32 Å². The van der Waals surface area contributed by atoms with Crippen LogP contribution in [0.3, 0.4) is 0 Å². The molecule has 1 aromatic heterocycles. The van der Waals surface area contributed by atoms with E-state index in [1.165, 1.54) is 28.2 Å². The second kappa shape index (κ2) is 7.31. The minimum atomic E-state index is -3.71. The van der Waals surface area contributed by atoms with Gasteiger partial charge in [0.2, 0.25) is 10.0 Å². The van der Waals surface area contributed by atoms with Gasteiger partial charge in [-0.1, -0.05) is 6.42 Å². The summed E-state index contributed by atoms with van der Waals surface area (Å²) in [6, 6.07) is -0.495. The fourth-order valence-electron chi connectivity index (χ4n) is 2.55. The molecule has 1 unspecified atom stereocenters. The summed E-state index contributed by atoms with van der Waals surface area (Å²) in [6.07, 6.45) is 3.85. The highest BCUT2D eigenvalue weighted by molar-refractivity contribution is 7.89. The summed E-state index contributed by atoms with van der Waals surface area (Å²) < 4.78 is 40.4. The monoisotopic (exact) mass is 361 g/mol. The van der Waals surface area contributed by atoms with Crippen LogP contribution in [0.25, 0.3) is 0 Å². The van der Waals surface area contributed by atoms with Crippen molar-refractivity contribution in [3.8, 4) is 0 Å². The lowest BCUT2D eigenvalue weighted by molar-refractivity contribution is -0.139. The molecule has 2 N–H and O–H groups in total. The van der Waals surface area contributed by atoms with Crippen LogP contribution in [0.2, 0.25) is 0 Å². The van der Waals surface area contributed by atoms with E-state index in [4.69, 9.17) is 5.11 Å². The van der Waals surface area contributed by atoms with Gasteiger partial charge in [-0.2, -0.15) is 4.31 Å². The van der Waals surface area contributed by atoms with Crippen molar-refractivity contribution in [3.05, 3.63) is 18.0 Å². The van der Waals surface area contributed by atoms with Gasteiger partial charge < -0.3 is 15.0 Å². The van der Waals surface area contributed by atoms with Crippen LogP contribution in [-0.4, -0.2) is 60.1 Å². The number of carboxylic acids is 1. The summed E-state index contributed by atoms with van der Waals surface area (Å²) in [5.74, 6) is -2.34. The van der Waals surface area contributed by atoms with Crippen LogP contribution in [0.15, 0.2) is 17.2 Å². The first-order valence-corrected chi connectivity index (χ1v) is 8.97. The van der Waals surface area contributed by atoms with Gasteiger partial charge in [-0.15, -0.1) is 0 Å². The second-order valence-corrected chi connectivity index (χ2v) is 7.59. The van der Waals surface area contributed by atoms with E-state index in [1.54, 1.807) is 0 Å². The van der Waals surface area contributed by atoms with Crippen LogP contribution in [-0.2, 0) is 21.9 Å². The Hall–Kier alpha value is -1.94. The molecule has 2 rings (SSSR count). The van der Waals surface area contributed by atoms with Crippen LogP contribution in [0.4, 0.5) is 4.39 Å². The fourth-order valence-corrected chi connectivity index (χ4v) is 4.14. The Labute approximate surface area is 139 Å². The number of nitrogens with one attached hydrogen (secondary N) is 1. The minimum Gasteiger partial charge on any atom is -0.480 e. The number of piperidine rings is 1. The summed E-state index contributed by atoms with van der Waals surface area (Å²) in [7, 11) is -2.24. The molecule has 1 fully saturated rings. The topological polar surface area (TPSA) is 109 Å². The number of carbonyl (C=O) groups excluding carboxylic acids is 1. The molecular formula is C14H20FN3O5S. The van der Waals surface area contributed by atoms with Crippen molar-refractivity contribution in [1.29, 1.82) is 0 Å². The van der Waals surface area contributed by atoms with Crippen molar-refractivity contribution in [1.82, 2.24) is 14.2 Å². The van der Waals surface area contributed by atoms with Crippen LogP contribution in [0, 0.1) is 0 Å². The Morgan fingerprint density at radius 2 is 1.96 bits per heavy atom. The first kappa shape index (κ1) is 18.4. The van der Waals surface area contributed by atoms with E-state index in [1.807, 2.05) is 5.32 Å². The fraction of sp³-hybridized carbons (Fsp3) is 0.571. The maximum Gasteiger partial charge on any atom is 0.328 e. The van der Waals surface area contributed by atoms with Crippen LogP contribution >= 0.6 is 0 Å². The van der Waals surface area contributed by atoms with E-state index < -0.39 is 34.6 Å². The summed E-state index contributed by atoms with van der Waals surface area (Å²) in [6.45, 7) is -0.395. The zero-order valence-corrected chi connectivity index (χ0v) is 14.1. The third-order valence-electron chi connectivity index (χ3n) is 3.92. The van der Waals surface area contributed by atoms with Gasteiger partial charge in [0.25, 0.3) is 5.91 Å². The van der Waals surface area contributed by atoms with Crippen molar-refractivity contribution >= 4 is 21.9 Å². The van der Waals surface area contributed by atoms with E-state index in [0.717, 1.165) is 19.3 Å². The molecule has 1 aliphatic heterocycles. The lowest BCUT2D eigenvalue weighted by atomic mass is 10.2. The molecule has 0 radical (unpaired) electrons. The lowest BCUT2D eigenvalue weighted by Gasteiger charge is -2.25. The van der Waals surface area contributed by atoms with Gasteiger partial charge in [-0.05, 0) is 18.9 Å². The minimum absolute atomic E-state index is 0.0378. The highest BCUT2D eigenvalue weighted by Gasteiger charge is 2.29. The number of hydrogen-bond acceptors (Lipinski definition) is 4. The SMILES string of the molecule is Cn1cc(S(=O)(=O)N2CCCCC2)cc1C(=O)NC(CF)C(=O)O. The smallest absolute Gasteiger partial charge is 0.328 e. The van der Waals surface area contributed by atoms with E-state index in [2.05, 4.69) is 0 Å². The molecule has 2 heterocycles. The molecule has 1 saturated heterocycles. The third kappa shape index (κ3) is 3.75.